The molecule has 0 amide bonds. The van der Waals surface area contributed by atoms with E-state index in [2.05, 4.69) is 57.5 Å². The van der Waals surface area contributed by atoms with Gasteiger partial charge in [0.15, 0.2) is 0 Å². The lowest BCUT2D eigenvalue weighted by Crippen LogP contribution is -1.83. The number of hydrogen-bond acceptors (Lipinski definition) is 3. The van der Waals surface area contributed by atoms with Crippen LogP contribution < -0.4 is 0 Å². The van der Waals surface area contributed by atoms with Crippen molar-refractivity contribution in [3.05, 3.63) is 35.9 Å². The second-order valence-electron chi connectivity index (χ2n) is 5.67. The molecular weight excluding hydrogens is 396 g/mol. The zero-order valence-corrected chi connectivity index (χ0v) is 17.0. The van der Waals surface area contributed by atoms with Crippen LogP contribution in [0.1, 0.15) is 51.9 Å². The summed E-state index contributed by atoms with van der Waals surface area (Å²) in [6.45, 7) is 13.0. The Bertz CT molecular complexity index is 414. The first kappa shape index (κ1) is 30.8. The maximum Gasteiger partial charge on any atom is 0.503 e. The molecule has 146 valence electrons. The molecule has 0 spiro atoms. The molecule has 1 aromatic rings. The van der Waals surface area contributed by atoms with E-state index in [9.17, 15) is 4.79 Å². The van der Waals surface area contributed by atoms with Crippen molar-refractivity contribution in [2.45, 2.75) is 41.5 Å². The smallest absolute Gasteiger partial charge is 0.450 e. The molecule has 0 fully saturated rings. The predicted molar refractivity (Wildman–Crippen MR) is 102 cm³/mol. The van der Waals surface area contributed by atoms with Crippen molar-refractivity contribution in [1.29, 1.82) is 0 Å². The van der Waals surface area contributed by atoms with E-state index in [4.69, 9.17) is 30.0 Å². The molecule has 0 unspecified atom stereocenters. The Morgan fingerprint density at radius 1 is 0.720 bits per heavy atom. The summed E-state index contributed by atoms with van der Waals surface area (Å²) in [7, 11) is 0. The van der Waals surface area contributed by atoms with Crippen LogP contribution in [-0.2, 0) is 0 Å². The number of carbonyl (C=O) groups is 3. The van der Waals surface area contributed by atoms with Crippen LogP contribution in [0.15, 0.2) is 30.3 Å². The van der Waals surface area contributed by atoms with Crippen LogP contribution in [0.2, 0.25) is 0 Å². The van der Waals surface area contributed by atoms with Gasteiger partial charge in [0.1, 0.15) is 0 Å². The fraction of sp³-hybridized carbons (Fsp3) is 0.471. The molecule has 1 aromatic carbocycles. The molecule has 0 saturated heterocycles. The van der Waals surface area contributed by atoms with Crippen molar-refractivity contribution in [2.24, 2.45) is 11.8 Å². The predicted octanol–water partition coefficient (Wildman–Crippen LogP) is 5.99. The molecule has 7 nitrogen and oxygen atoms in total. The molecule has 0 heterocycles. The van der Waals surface area contributed by atoms with Crippen LogP contribution in [0, 0.1) is 11.8 Å². The maximum atomic E-state index is 10.6. The summed E-state index contributed by atoms with van der Waals surface area (Å²) in [6, 6.07) is 9.05. The van der Waals surface area contributed by atoms with Gasteiger partial charge in [-0.1, -0.05) is 71.9 Å². The monoisotopic (exact) mass is 424 g/mol. The highest BCUT2D eigenvalue weighted by Crippen LogP contribution is 2.03. The van der Waals surface area contributed by atoms with Gasteiger partial charge >= 0.3 is 12.3 Å². The zero-order chi connectivity index (χ0) is 21.0. The normalized spacial score (nSPS) is 8.04. The number of halogens is 1. The second-order valence-corrected chi connectivity index (χ2v) is 6.39. The first-order chi connectivity index (χ1) is 11.2. The van der Waals surface area contributed by atoms with Crippen molar-refractivity contribution in [3.8, 4) is 0 Å². The topological polar surface area (TPSA) is 132 Å². The van der Waals surface area contributed by atoms with Crippen molar-refractivity contribution in [1.82, 2.24) is 0 Å². The Balaban J connectivity index is -0.000000119. The molecule has 0 aromatic heterocycles. The quantitative estimate of drug-likeness (QED) is 0.406. The van der Waals surface area contributed by atoms with Gasteiger partial charge in [-0.25, -0.2) is 9.59 Å². The van der Waals surface area contributed by atoms with Gasteiger partial charge in [-0.3, -0.25) is 4.79 Å². The minimum Gasteiger partial charge on any atom is -0.450 e. The lowest BCUT2D eigenvalue weighted by molar-refractivity contribution is 0.109. The summed E-state index contributed by atoms with van der Waals surface area (Å²) < 4.78 is -0.0666. The number of hydrogen-bond donors (Lipinski definition) is 4. The standard InChI is InChI=1S/C7H5BrO.2C4H10.2CH2O3/c8-7(9)6-4-2-1-3-5-6;2*1-4(2)3;2*2-1(3)4/h1-5H;2*4H,1-3H3;2*(H2,2,3,4). The lowest BCUT2D eigenvalue weighted by Gasteiger charge is -1.87. The summed E-state index contributed by atoms with van der Waals surface area (Å²) in [5.41, 5.74) is 0.692. The number of carboxylic acid groups (broad SMARTS) is 4. The summed E-state index contributed by atoms with van der Waals surface area (Å²) in [5, 5.41) is 27.9. The minimum absolute atomic E-state index is 0.0666. The molecule has 0 atom stereocenters. The molecule has 0 aliphatic rings. The van der Waals surface area contributed by atoms with Gasteiger partial charge in [0.2, 0.25) is 4.69 Å². The number of rotatable bonds is 1. The van der Waals surface area contributed by atoms with Gasteiger partial charge in [0.05, 0.1) is 0 Å². The highest BCUT2D eigenvalue weighted by molar-refractivity contribution is 9.18. The summed E-state index contributed by atoms with van der Waals surface area (Å²) in [4.78, 5) is 27.7. The second kappa shape index (κ2) is 21.9. The van der Waals surface area contributed by atoms with Crippen LogP contribution in [0.4, 0.5) is 9.59 Å². The van der Waals surface area contributed by atoms with E-state index in [-0.39, 0.29) is 4.69 Å². The number of carbonyl (C=O) groups excluding carboxylic acids is 1. The van der Waals surface area contributed by atoms with Gasteiger partial charge < -0.3 is 20.4 Å². The van der Waals surface area contributed by atoms with E-state index >= 15 is 0 Å². The van der Waals surface area contributed by atoms with Gasteiger partial charge in [-0.2, -0.15) is 0 Å². The van der Waals surface area contributed by atoms with Crippen molar-refractivity contribution in [2.75, 3.05) is 0 Å². The summed E-state index contributed by atoms with van der Waals surface area (Å²) in [5.74, 6) is 1.67. The SMILES string of the molecule is CC(C)C.CC(C)C.O=C(Br)c1ccccc1.O=C(O)O.O=C(O)O. The highest BCUT2D eigenvalue weighted by atomic mass is 79.9. The average Bonchev–Trinajstić information content (AvgIpc) is 2.37. The van der Waals surface area contributed by atoms with Crippen molar-refractivity contribution < 1.29 is 34.8 Å². The molecule has 4 N–H and O–H groups in total. The molecule has 25 heavy (non-hydrogen) atoms. The molecule has 0 bridgehead atoms. The van der Waals surface area contributed by atoms with Crippen molar-refractivity contribution in [3.63, 3.8) is 0 Å². The Morgan fingerprint density at radius 3 is 1.04 bits per heavy atom. The largest absolute Gasteiger partial charge is 0.503 e. The molecule has 0 aliphatic heterocycles. The first-order valence-corrected chi connectivity index (χ1v) is 8.11. The zero-order valence-electron chi connectivity index (χ0n) is 15.4. The van der Waals surface area contributed by atoms with E-state index in [0.29, 0.717) is 5.56 Å². The number of benzene rings is 1. The summed E-state index contributed by atoms with van der Waals surface area (Å²) >= 11 is 2.84. The van der Waals surface area contributed by atoms with E-state index in [1.165, 1.54) is 0 Å². The molecule has 0 radical (unpaired) electrons. The Labute approximate surface area is 157 Å². The molecule has 1 rings (SSSR count). The third-order valence-electron chi connectivity index (χ3n) is 1.00. The van der Waals surface area contributed by atoms with Gasteiger partial charge in [-0.15, -0.1) is 0 Å². The third kappa shape index (κ3) is 88.4. The van der Waals surface area contributed by atoms with E-state index in [0.717, 1.165) is 11.8 Å². The minimum atomic E-state index is -1.83. The Hall–Kier alpha value is -2.09. The fourth-order valence-corrected chi connectivity index (χ4v) is 0.834. The van der Waals surface area contributed by atoms with Crippen LogP contribution in [-0.4, -0.2) is 37.4 Å². The van der Waals surface area contributed by atoms with E-state index in [1.54, 1.807) is 12.1 Å². The highest BCUT2D eigenvalue weighted by Gasteiger charge is 1.95. The Morgan fingerprint density at radius 2 is 0.920 bits per heavy atom. The van der Waals surface area contributed by atoms with E-state index < -0.39 is 12.3 Å². The third-order valence-corrected chi connectivity index (χ3v) is 1.46. The fourth-order valence-electron chi connectivity index (χ4n) is 0.569. The molecule has 0 aliphatic carbocycles. The molecule has 0 saturated carbocycles. The van der Waals surface area contributed by atoms with Gasteiger partial charge in [0, 0.05) is 5.56 Å². The first-order valence-electron chi connectivity index (χ1n) is 7.32. The maximum absolute atomic E-state index is 10.6. The van der Waals surface area contributed by atoms with Gasteiger partial charge in [-0.05, 0) is 27.8 Å². The van der Waals surface area contributed by atoms with Crippen LogP contribution in [0.5, 0.6) is 0 Å². The lowest BCUT2D eigenvalue weighted by atomic mass is 10.2. The summed E-state index contributed by atoms with van der Waals surface area (Å²) in [6.07, 6.45) is -3.67. The van der Waals surface area contributed by atoms with Crippen LogP contribution in [0.25, 0.3) is 0 Å². The molecule has 8 heteroatoms. The van der Waals surface area contributed by atoms with Crippen LogP contribution >= 0.6 is 15.9 Å². The van der Waals surface area contributed by atoms with E-state index in [1.807, 2.05) is 18.2 Å². The van der Waals surface area contributed by atoms with Crippen molar-refractivity contribution >= 4 is 32.9 Å². The average molecular weight is 425 g/mol. The molecular formula is C17H29BrO7. The van der Waals surface area contributed by atoms with Gasteiger partial charge in [0.25, 0.3) is 0 Å². The van der Waals surface area contributed by atoms with Crippen LogP contribution in [0.3, 0.4) is 0 Å². The Kier molecular flexibility index (Phi) is 27.0.